The first-order chi connectivity index (χ1) is 15.6. The Morgan fingerprint density at radius 2 is 1.81 bits per heavy atom. The number of aromatic nitrogens is 1. The number of hydrogen-bond donors (Lipinski definition) is 1. The van der Waals surface area contributed by atoms with Crippen molar-refractivity contribution < 1.29 is 14.6 Å². The van der Waals surface area contributed by atoms with E-state index in [-0.39, 0.29) is 17.3 Å². The summed E-state index contributed by atoms with van der Waals surface area (Å²) in [6, 6.07) is 17.1. The van der Waals surface area contributed by atoms with Crippen molar-refractivity contribution >= 4 is 17.7 Å². The van der Waals surface area contributed by atoms with Crippen LogP contribution in [0, 0.1) is 6.92 Å². The minimum absolute atomic E-state index is 0.151. The fourth-order valence-electron chi connectivity index (χ4n) is 4.16. The van der Waals surface area contributed by atoms with Gasteiger partial charge >= 0.3 is 0 Å². The van der Waals surface area contributed by atoms with Crippen LogP contribution in [0.1, 0.15) is 27.0 Å². The number of phenols is 1. The van der Waals surface area contributed by atoms with Gasteiger partial charge in [0, 0.05) is 38.9 Å². The molecule has 2 aliphatic rings. The molecule has 0 spiro atoms. The van der Waals surface area contributed by atoms with Crippen LogP contribution in [0.5, 0.6) is 11.5 Å². The van der Waals surface area contributed by atoms with Gasteiger partial charge in [0.2, 0.25) is 5.78 Å². The fourth-order valence-corrected chi connectivity index (χ4v) is 4.16. The molecule has 2 aliphatic heterocycles. The molecule has 1 fully saturated rings. The Hall–Kier alpha value is -3.64. The Balaban J connectivity index is 1.33. The first-order valence-electron chi connectivity index (χ1n) is 10.8. The summed E-state index contributed by atoms with van der Waals surface area (Å²) in [5, 5.41) is 10.6. The lowest BCUT2D eigenvalue weighted by molar-refractivity contribution is 0.101. The van der Waals surface area contributed by atoms with Gasteiger partial charge in [-0.2, -0.15) is 0 Å². The molecule has 5 rings (SSSR count). The molecular formula is C26H25N3O3. The molecule has 0 radical (unpaired) electrons. The van der Waals surface area contributed by atoms with Gasteiger partial charge in [-0.1, -0.05) is 35.9 Å². The minimum atomic E-state index is -0.151. The fraction of sp³-hybridized carbons (Fsp3) is 0.231. The molecule has 1 saturated heterocycles. The third-order valence-electron chi connectivity index (χ3n) is 6.02. The summed E-state index contributed by atoms with van der Waals surface area (Å²) in [7, 11) is 0. The second-order valence-corrected chi connectivity index (χ2v) is 8.24. The van der Waals surface area contributed by atoms with E-state index in [4.69, 9.17) is 4.74 Å². The molecule has 0 aliphatic carbocycles. The molecule has 32 heavy (non-hydrogen) atoms. The van der Waals surface area contributed by atoms with Gasteiger partial charge in [-0.3, -0.25) is 9.69 Å². The molecule has 0 saturated carbocycles. The quantitative estimate of drug-likeness (QED) is 0.634. The van der Waals surface area contributed by atoms with Crippen LogP contribution in [0.3, 0.4) is 0 Å². The van der Waals surface area contributed by atoms with E-state index in [0.29, 0.717) is 23.4 Å². The van der Waals surface area contributed by atoms with Gasteiger partial charge in [-0.25, -0.2) is 4.98 Å². The maximum absolute atomic E-state index is 12.9. The van der Waals surface area contributed by atoms with Crippen LogP contribution in [-0.4, -0.2) is 47.0 Å². The highest BCUT2D eigenvalue weighted by molar-refractivity contribution is 6.15. The second-order valence-electron chi connectivity index (χ2n) is 8.24. The van der Waals surface area contributed by atoms with E-state index in [1.54, 1.807) is 18.2 Å². The van der Waals surface area contributed by atoms with Crippen LogP contribution >= 0.6 is 0 Å². The third kappa shape index (κ3) is 3.97. The number of carbonyl (C=O) groups is 1. The molecule has 3 heterocycles. The number of anilines is 1. The van der Waals surface area contributed by atoms with Crippen LogP contribution in [0.2, 0.25) is 0 Å². The number of ketones is 1. The van der Waals surface area contributed by atoms with Crippen molar-refractivity contribution in [2.45, 2.75) is 13.5 Å². The number of carbonyl (C=O) groups excluding carboxylic acids is 1. The summed E-state index contributed by atoms with van der Waals surface area (Å²) < 4.78 is 6.00. The molecule has 0 bridgehead atoms. The molecule has 1 aromatic heterocycles. The topological polar surface area (TPSA) is 65.9 Å². The highest BCUT2D eigenvalue weighted by Crippen LogP contribution is 2.40. The molecule has 0 amide bonds. The van der Waals surface area contributed by atoms with Crippen molar-refractivity contribution in [3.63, 3.8) is 0 Å². The number of nitrogens with zero attached hydrogens (tertiary/aromatic N) is 3. The molecule has 0 unspecified atom stereocenters. The van der Waals surface area contributed by atoms with Gasteiger partial charge in [-0.15, -0.1) is 0 Å². The number of pyridine rings is 1. The number of Topliss-reactive ketones (excluding diaryl/α,β-unsaturated/α-hetero) is 1. The molecule has 2 aromatic carbocycles. The number of phenolic OH excluding ortho intramolecular Hbond substituents is 1. The van der Waals surface area contributed by atoms with Crippen molar-refractivity contribution in [2.75, 3.05) is 31.1 Å². The van der Waals surface area contributed by atoms with Gasteiger partial charge in [0.25, 0.3) is 0 Å². The molecule has 6 nitrogen and oxygen atoms in total. The zero-order valence-corrected chi connectivity index (χ0v) is 18.0. The van der Waals surface area contributed by atoms with Crippen LogP contribution in [0.4, 0.5) is 5.82 Å². The summed E-state index contributed by atoms with van der Waals surface area (Å²) in [6.07, 6.45) is 3.57. The summed E-state index contributed by atoms with van der Waals surface area (Å²) in [5.74, 6) is 1.74. The van der Waals surface area contributed by atoms with Crippen LogP contribution in [0.25, 0.3) is 6.08 Å². The number of allylic oxidation sites excluding steroid dienone is 1. The highest BCUT2D eigenvalue weighted by Gasteiger charge is 2.32. The van der Waals surface area contributed by atoms with Gasteiger partial charge in [0.1, 0.15) is 17.3 Å². The van der Waals surface area contributed by atoms with E-state index in [0.717, 1.165) is 43.1 Å². The van der Waals surface area contributed by atoms with E-state index >= 15 is 0 Å². The second kappa shape index (κ2) is 8.48. The normalized spacial score (nSPS) is 17.5. The Kier molecular flexibility index (Phi) is 5.37. The molecule has 0 atom stereocenters. The maximum Gasteiger partial charge on any atom is 0.231 e. The number of aromatic hydroxyl groups is 1. The zero-order chi connectivity index (χ0) is 22.1. The van der Waals surface area contributed by atoms with Crippen molar-refractivity contribution in [1.29, 1.82) is 0 Å². The van der Waals surface area contributed by atoms with Crippen molar-refractivity contribution in [3.05, 3.63) is 88.8 Å². The summed E-state index contributed by atoms with van der Waals surface area (Å²) in [4.78, 5) is 21.9. The Morgan fingerprint density at radius 1 is 1.03 bits per heavy atom. The monoisotopic (exact) mass is 427 g/mol. The lowest BCUT2D eigenvalue weighted by Gasteiger charge is -2.35. The smallest absolute Gasteiger partial charge is 0.231 e. The summed E-state index contributed by atoms with van der Waals surface area (Å²) >= 11 is 0. The van der Waals surface area contributed by atoms with Crippen molar-refractivity contribution in [2.24, 2.45) is 0 Å². The lowest BCUT2D eigenvalue weighted by atomic mass is 10.0. The van der Waals surface area contributed by atoms with E-state index in [2.05, 4.69) is 14.8 Å². The van der Waals surface area contributed by atoms with E-state index in [1.807, 2.05) is 55.6 Å². The number of piperazine rings is 1. The van der Waals surface area contributed by atoms with Crippen LogP contribution in [0.15, 0.2) is 66.6 Å². The maximum atomic E-state index is 12.9. The minimum Gasteiger partial charge on any atom is -0.507 e. The molecule has 6 heteroatoms. The SMILES string of the molecule is Cc1ccc(/C=C2\Oc3c(ccc(O)c3CN3CCN(c4ccccn4)CC3)C2=O)cc1. The van der Waals surface area contributed by atoms with Crippen LogP contribution in [-0.2, 0) is 6.54 Å². The standard InChI is InChI=1S/C26H25N3O3/c1-18-5-7-19(8-6-18)16-23-25(31)20-9-10-22(30)21(26(20)32-23)17-28-12-14-29(15-13-28)24-4-2-3-11-27-24/h2-11,16,30H,12-15,17H2,1H3/b23-16-. The molecule has 1 N–H and O–H groups in total. The molecule has 3 aromatic rings. The number of fused-ring (bicyclic) bond motifs is 1. The van der Waals surface area contributed by atoms with Crippen molar-refractivity contribution in [1.82, 2.24) is 9.88 Å². The van der Waals surface area contributed by atoms with Gasteiger partial charge in [0.15, 0.2) is 5.76 Å². The molecular weight excluding hydrogens is 402 g/mol. The summed E-state index contributed by atoms with van der Waals surface area (Å²) in [5.41, 5.74) is 3.23. The van der Waals surface area contributed by atoms with Gasteiger partial charge < -0.3 is 14.7 Å². The Labute approximate surface area is 187 Å². The first-order valence-corrected chi connectivity index (χ1v) is 10.8. The largest absolute Gasteiger partial charge is 0.507 e. The van der Waals surface area contributed by atoms with Gasteiger partial charge in [-0.05, 0) is 42.8 Å². The average molecular weight is 428 g/mol. The van der Waals surface area contributed by atoms with Crippen LogP contribution < -0.4 is 9.64 Å². The number of ether oxygens (including phenoxy) is 1. The number of rotatable bonds is 4. The van der Waals surface area contributed by atoms with Crippen molar-refractivity contribution in [3.8, 4) is 11.5 Å². The lowest BCUT2D eigenvalue weighted by Crippen LogP contribution is -2.46. The van der Waals surface area contributed by atoms with E-state index < -0.39 is 0 Å². The summed E-state index contributed by atoms with van der Waals surface area (Å²) in [6.45, 7) is 5.92. The third-order valence-corrected chi connectivity index (χ3v) is 6.02. The Morgan fingerprint density at radius 3 is 2.53 bits per heavy atom. The molecule has 162 valence electrons. The number of hydrogen-bond acceptors (Lipinski definition) is 6. The highest BCUT2D eigenvalue weighted by atomic mass is 16.5. The van der Waals surface area contributed by atoms with E-state index in [1.165, 1.54) is 0 Å². The number of benzene rings is 2. The predicted octanol–water partition coefficient (Wildman–Crippen LogP) is 4.03. The number of aryl methyl sites for hydroxylation is 1. The predicted molar refractivity (Wildman–Crippen MR) is 124 cm³/mol. The zero-order valence-electron chi connectivity index (χ0n) is 18.0. The first kappa shape index (κ1) is 20.3. The average Bonchev–Trinajstić information content (AvgIpc) is 3.13. The van der Waals surface area contributed by atoms with Gasteiger partial charge in [0.05, 0.1) is 11.1 Å². The van der Waals surface area contributed by atoms with E-state index in [9.17, 15) is 9.90 Å². The Bertz CT molecular complexity index is 1160.